The molecule has 1 unspecified atom stereocenters. The third-order valence-corrected chi connectivity index (χ3v) is 2.95. The maximum atomic E-state index is 11.7. The van der Waals surface area contributed by atoms with E-state index < -0.39 is 11.6 Å². The van der Waals surface area contributed by atoms with Gasteiger partial charge in [0.25, 0.3) is 5.91 Å². The number of primary amides is 1. The Balaban J connectivity index is 2.39. The van der Waals surface area contributed by atoms with E-state index in [1.54, 1.807) is 19.1 Å². The van der Waals surface area contributed by atoms with Gasteiger partial charge >= 0.3 is 0 Å². The molecule has 1 atom stereocenters. The molecule has 19 heavy (non-hydrogen) atoms. The maximum Gasteiger partial charge on any atom is 0.275 e. The van der Waals surface area contributed by atoms with Gasteiger partial charge in [-0.3, -0.25) is 4.79 Å². The fraction of sp³-hybridized carbons (Fsp3) is 0.385. The van der Waals surface area contributed by atoms with Crippen LogP contribution in [0.4, 0.5) is 0 Å². The summed E-state index contributed by atoms with van der Waals surface area (Å²) in [4.78, 5) is 11.7. The minimum Gasteiger partial charge on any atom is -0.365 e. The lowest BCUT2D eigenvalue weighted by Gasteiger charge is -2.32. The lowest BCUT2D eigenvalue weighted by atomic mass is 10.0. The predicted molar refractivity (Wildman–Crippen MR) is 69.8 cm³/mol. The molecule has 0 spiro atoms. The molecule has 0 bridgehead atoms. The molecule has 2 rings (SSSR count). The van der Waals surface area contributed by atoms with Crippen molar-refractivity contribution in [1.82, 2.24) is 10.5 Å². The van der Waals surface area contributed by atoms with Crippen LogP contribution in [0.1, 0.15) is 23.9 Å². The van der Waals surface area contributed by atoms with Gasteiger partial charge in [-0.25, -0.2) is 0 Å². The Labute approximate surface area is 111 Å². The molecule has 102 valence electrons. The van der Waals surface area contributed by atoms with Gasteiger partial charge in [0.15, 0.2) is 0 Å². The molecular formula is C13H17N3O3. The summed E-state index contributed by atoms with van der Waals surface area (Å²) >= 11 is 0. The van der Waals surface area contributed by atoms with Gasteiger partial charge in [-0.05, 0) is 32.9 Å². The maximum absolute atomic E-state index is 11.7. The van der Waals surface area contributed by atoms with Crippen molar-refractivity contribution < 1.29 is 14.1 Å². The van der Waals surface area contributed by atoms with Crippen LogP contribution in [0, 0.1) is 13.8 Å². The molecule has 1 aliphatic heterocycles. The van der Waals surface area contributed by atoms with Gasteiger partial charge in [0.1, 0.15) is 5.76 Å². The summed E-state index contributed by atoms with van der Waals surface area (Å²) in [7, 11) is 0. The molecule has 0 saturated heterocycles. The molecule has 2 heterocycles. The van der Waals surface area contributed by atoms with Crippen molar-refractivity contribution in [3.63, 3.8) is 0 Å². The Morgan fingerprint density at radius 2 is 2.32 bits per heavy atom. The summed E-state index contributed by atoms with van der Waals surface area (Å²) in [5, 5.41) is 6.92. The molecule has 3 N–H and O–H groups in total. The van der Waals surface area contributed by atoms with E-state index in [9.17, 15) is 4.79 Å². The van der Waals surface area contributed by atoms with E-state index >= 15 is 0 Å². The number of nitrogens with one attached hydrogen (secondary N) is 1. The van der Waals surface area contributed by atoms with E-state index in [4.69, 9.17) is 15.0 Å². The monoisotopic (exact) mass is 263 g/mol. The standard InChI is InChI=1S/C13H17N3O3/c1-4-18-13(12(14)17)7-5-6-10(15-13)11-8(2)16-19-9(11)3/h5-7,15H,4H2,1-3H3,(H2,14,17). The van der Waals surface area contributed by atoms with Gasteiger partial charge in [0.05, 0.1) is 11.3 Å². The first-order chi connectivity index (χ1) is 9.00. The molecule has 0 fully saturated rings. The van der Waals surface area contributed by atoms with Crippen LogP contribution in [0.5, 0.6) is 0 Å². The molecule has 0 aromatic carbocycles. The minimum absolute atomic E-state index is 0.356. The van der Waals surface area contributed by atoms with Crippen LogP contribution in [0.15, 0.2) is 22.8 Å². The third kappa shape index (κ3) is 2.26. The Bertz CT molecular complexity index is 540. The Kier molecular flexibility index (Phi) is 3.44. The van der Waals surface area contributed by atoms with Crippen molar-refractivity contribution in [3.8, 4) is 0 Å². The smallest absolute Gasteiger partial charge is 0.275 e. The van der Waals surface area contributed by atoms with E-state index in [0.29, 0.717) is 18.1 Å². The van der Waals surface area contributed by atoms with Gasteiger partial charge in [-0.2, -0.15) is 0 Å². The number of carbonyl (C=O) groups excluding carboxylic acids is 1. The molecule has 1 amide bonds. The summed E-state index contributed by atoms with van der Waals surface area (Å²) in [5.41, 5.74) is 6.36. The number of amides is 1. The molecule has 0 saturated carbocycles. The van der Waals surface area contributed by atoms with Crippen LogP contribution >= 0.6 is 0 Å². The minimum atomic E-state index is -1.32. The number of nitrogens with zero attached hydrogens (tertiary/aromatic N) is 1. The second kappa shape index (κ2) is 4.89. The number of nitrogens with two attached hydrogens (primary N) is 1. The number of carbonyl (C=O) groups is 1. The van der Waals surface area contributed by atoms with Crippen molar-refractivity contribution in [2.24, 2.45) is 5.73 Å². The highest BCUT2D eigenvalue weighted by molar-refractivity contribution is 5.89. The zero-order valence-corrected chi connectivity index (χ0v) is 11.2. The number of hydrogen-bond acceptors (Lipinski definition) is 5. The summed E-state index contributed by atoms with van der Waals surface area (Å²) < 4.78 is 10.6. The van der Waals surface area contributed by atoms with Crippen molar-refractivity contribution >= 4 is 11.6 Å². The zero-order chi connectivity index (χ0) is 14.0. The molecule has 6 nitrogen and oxygen atoms in total. The fourth-order valence-electron chi connectivity index (χ4n) is 2.10. The van der Waals surface area contributed by atoms with E-state index in [2.05, 4.69) is 10.5 Å². The van der Waals surface area contributed by atoms with E-state index in [1.165, 1.54) is 0 Å². The molecule has 6 heteroatoms. The number of aryl methyl sites for hydroxylation is 2. The Morgan fingerprint density at radius 3 is 2.84 bits per heavy atom. The number of aromatic nitrogens is 1. The van der Waals surface area contributed by atoms with Crippen LogP contribution in [0.2, 0.25) is 0 Å². The summed E-state index contributed by atoms with van der Waals surface area (Å²) in [6, 6.07) is 0. The van der Waals surface area contributed by atoms with Gasteiger partial charge in [-0.15, -0.1) is 0 Å². The molecule has 1 aromatic rings. The lowest BCUT2D eigenvalue weighted by molar-refractivity contribution is -0.139. The van der Waals surface area contributed by atoms with Gasteiger partial charge in [-0.1, -0.05) is 11.2 Å². The van der Waals surface area contributed by atoms with Crippen molar-refractivity contribution in [1.29, 1.82) is 0 Å². The number of ether oxygens (including phenoxy) is 1. The highest BCUT2D eigenvalue weighted by atomic mass is 16.5. The Morgan fingerprint density at radius 1 is 1.58 bits per heavy atom. The first-order valence-electron chi connectivity index (χ1n) is 6.05. The summed E-state index contributed by atoms with van der Waals surface area (Å²) in [6.07, 6.45) is 5.16. The largest absolute Gasteiger partial charge is 0.365 e. The molecule has 0 aliphatic carbocycles. The van der Waals surface area contributed by atoms with Crippen molar-refractivity contribution in [2.75, 3.05) is 6.61 Å². The Hall–Kier alpha value is -2.08. The first kappa shape index (κ1) is 13.4. The topological polar surface area (TPSA) is 90.4 Å². The zero-order valence-electron chi connectivity index (χ0n) is 11.2. The van der Waals surface area contributed by atoms with E-state index in [1.807, 2.05) is 19.9 Å². The highest BCUT2D eigenvalue weighted by Crippen LogP contribution is 2.26. The fourth-order valence-corrected chi connectivity index (χ4v) is 2.10. The summed E-state index contributed by atoms with van der Waals surface area (Å²) in [5.74, 6) is 0.0735. The third-order valence-electron chi connectivity index (χ3n) is 2.95. The highest BCUT2D eigenvalue weighted by Gasteiger charge is 2.37. The second-order valence-corrected chi connectivity index (χ2v) is 4.30. The van der Waals surface area contributed by atoms with Crippen LogP contribution in [-0.4, -0.2) is 23.4 Å². The molecule has 1 aromatic heterocycles. The average molecular weight is 263 g/mol. The number of hydrogen-bond donors (Lipinski definition) is 2. The lowest BCUT2D eigenvalue weighted by Crippen LogP contribution is -2.56. The average Bonchev–Trinajstić information content (AvgIpc) is 2.69. The van der Waals surface area contributed by atoms with Crippen LogP contribution in [0.3, 0.4) is 0 Å². The van der Waals surface area contributed by atoms with Crippen LogP contribution in [-0.2, 0) is 9.53 Å². The number of allylic oxidation sites excluding steroid dienone is 2. The predicted octanol–water partition coefficient (Wildman–Crippen LogP) is 1.01. The molecule has 0 radical (unpaired) electrons. The molecule has 1 aliphatic rings. The quantitative estimate of drug-likeness (QED) is 0.846. The van der Waals surface area contributed by atoms with Crippen LogP contribution < -0.4 is 11.1 Å². The number of dihydropyridines is 1. The summed E-state index contributed by atoms with van der Waals surface area (Å²) in [6.45, 7) is 5.80. The molecular weight excluding hydrogens is 246 g/mol. The SMILES string of the molecule is CCOC1(C(N)=O)C=CC=C(c2c(C)noc2C)N1. The van der Waals surface area contributed by atoms with E-state index in [0.717, 1.165) is 11.3 Å². The van der Waals surface area contributed by atoms with Crippen molar-refractivity contribution in [3.05, 3.63) is 35.2 Å². The van der Waals surface area contributed by atoms with E-state index in [-0.39, 0.29) is 0 Å². The normalized spacial score (nSPS) is 21.9. The van der Waals surface area contributed by atoms with Crippen LogP contribution in [0.25, 0.3) is 5.70 Å². The van der Waals surface area contributed by atoms with Gasteiger partial charge in [0, 0.05) is 12.3 Å². The first-order valence-corrected chi connectivity index (χ1v) is 6.05. The number of rotatable bonds is 4. The van der Waals surface area contributed by atoms with Gasteiger partial charge < -0.3 is 20.3 Å². The van der Waals surface area contributed by atoms with Gasteiger partial charge in [0.2, 0.25) is 5.72 Å². The van der Waals surface area contributed by atoms with Crippen molar-refractivity contribution in [2.45, 2.75) is 26.5 Å². The second-order valence-electron chi connectivity index (χ2n) is 4.30.